The van der Waals surface area contributed by atoms with Crippen molar-refractivity contribution in [2.75, 3.05) is 32.8 Å². The number of likely N-dealkylation sites (tertiary alicyclic amines) is 1. The summed E-state index contributed by atoms with van der Waals surface area (Å²) in [5.74, 6) is 1.94. The first-order chi connectivity index (χ1) is 13.0. The van der Waals surface area contributed by atoms with Gasteiger partial charge in [0.2, 0.25) is 5.91 Å². The highest BCUT2D eigenvalue weighted by atomic mass is 16.6. The van der Waals surface area contributed by atoms with E-state index in [2.05, 4.69) is 24.1 Å². The first-order valence-corrected chi connectivity index (χ1v) is 9.96. The lowest BCUT2D eigenvalue weighted by molar-refractivity contribution is -0.121. The van der Waals surface area contributed by atoms with Crippen LogP contribution in [-0.4, -0.2) is 55.5 Å². The number of benzene rings is 1. The third kappa shape index (κ3) is 5.45. The molecule has 0 saturated carbocycles. The van der Waals surface area contributed by atoms with Gasteiger partial charge in [0.25, 0.3) is 0 Å². The fourth-order valence-electron chi connectivity index (χ4n) is 3.54. The number of carbonyl (C=O) groups excluding carboxylic acids is 2. The van der Waals surface area contributed by atoms with Gasteiger partial charge in [0, 0.05) is 31.0 Å². The molecule has 2 aliphatic rings. The summed E-state index contributed by atoms with van der Waals surface area (Å²) in [6, 6.07) is 5.51. The van der Waals surface area contributed by atoms with Gasteiger partial charge in [-0.15, -0.1) is 0 Å². The van der Waals surface area contributed by atoms with Crippen LogP contribution in [0.15, 0.2) is 18.2 Å². The molecular weight excluding hydrogens is 344 g/mol. The van der Waals surface area contributed by atoms with Crippen LogP contribution in [0, 0.1) is 5.92 Å². The molecule has 6 heteroatoms. The van der Waals surface area contributed by atoms with E-state index in [0.29, 0.717) is 42.9 Å². The second-order valence-electron chi connectivity index (χ2n) is 7.65. The molecule has 0 aromatic heterocycles. The molecule has 0 aliphatic carbocycles. The lowest BCUT2D eigenvalue weighted by Gasteiger charge is -2.35. The highest BCUT2D eigenvalue weighted by Crippen LogP contribution is 2.31. The largest absolute Gasteiger partial charge is 0.486 e. The number of amides is 1. The zero-order valence-electron chi connectivity index (χ0n) is 16.3. The van der Waals surface area contributed by atoms with Crippen molar-refractivity contribution in [1.82, 2.24) is 10.2 Å². The van der Waals surface area contributed by atoms with Crippen LogP contribution in [0.2, 0.25) is 0 Å². The second-order valence-corrected chi connectivity index (χ2v) is 7.65. The van der Waals surface area contributed by atoms with Crippen LogP contribution in [-0.2, 0) is 4.79 Å². The maximum atomic E-state index is 12.4. The van der Waals surface area contributed by atoms with E-state index in [1.54, 1.807) is 18.2 Å². The second kappa shape index (κ2) is 9.22. The van der Waals surface area contributed by atoms with Crippen molar-refractivity contribution >= 4 is 11.7 Å². The zero-order valence-corrected chi connectivity index (χ0v) is 16.3. The van der Waals surface area contributed by atoms with E-state index < -0.39 is 0 Å². The van der Waals surface area contributed by atoms with Crippen molar-refractivity contribution < 1.29 is 19.1 Å². The maximum absolute atomic E-state index is 12.4. The molecule has 1 saturated heterocycles. The fourth-order valence-corrected chi connectivity index (χ4v) is 3.54. The number of ether oxygens (including phenoxy) is 2. The van der Waals surface area contributed by atoms with Crippen LogP contribution in [0.3, 0.4) is 0 Å². The quantitative estimate of drug-likeness (QED) is 0.743. The summed E-state index contributed by atoms with van der Waals surface area (Å²) in [6.07, 6.45) is 2.85. The predicted octanol–water partition coefficient (Wildman–Crippen LogP) is 2.66. The van der Waals surface area contributed by atoms with Crippen LogP contribution in [0.25, 0.3) is 0 Å². The number of fused-ring (bicyclic) bond motifs is 1. The number of nitrogens with one attached hydrogen (secondary N) is 1. The Labute approximate surface area is 161 Å². The van der Waals surface area contributed by atoms with Crippen LogP contribution >= 0.6 is 0 Å². The Balaban J connectivity index is 1.40. The number of hydrogen-bond donors (Lipinski definition) is 1. The van der Waals surface area contributed by atoms with Gasteiger partial charge in [-0.2, -0.15) is 0 Å². The van der Waals surface area contributed by atoms with Crippen LogP contribution in [0.5, 0.6) is 11.5 Å². The molecule has 1 aromatic rings. The molecule has 1 amide bonds. The Morgan fingerprint density at radius 2 is 1.85 bits per heavy atom. The average molecular weight is 374 g/mol. The molecule has 1 aromatic carbocycles. The number of hydrogen-bond acceptors (Lipinski definition) is 5. The Hall–Kier alpha value is -2.08. The summed E-state index contributed by atoms with van der Waals surface area (Å²) in [7, 11) is 0. The molecule has 0 radical (unpaired) electrons. The molecule has 0 bridgehead atoms. The molecule has 6 nitrogen and oxygen atoms in total. The molecule has 3 rings (SSSR count). The van der Waals surface area contributed by atoms with Gasteiger partial charge in [0.05, 0.1) is 0 Å². The number of ketones is 1. The summed E-state index contributed by atoms with van der Waals surface area (Å²) in [6.45, 7) is 8.28. The Morgan fingerprint density at radius 1 is 1.15 bits per heavy atom. The fraction of sp³-hybridized carbons (Fsp3) is 0.619. The molecule has 2 aliphatic heterocycles. The van der Waals surface area contributed by atoms with Crippen LogP contribution in [0.4, 0.5) is 0 Å². The first kappa shape index (κ1) is 19.7. The van der Waals surface area contributed by atoms with Crippen molar-refractivity contribution in [3.8, 4) is 11.5 Å². The number of Topliss-reactive ketones (excluding diaryl/α,β-unsaturated/α-hetero) is 1. The van der Waals surface area contributed by atoms with E-state index in [0.717, 1.165) is 19.0 Å². The van der Waals surface area contributed by atoms with Crippen molar-refractivity contribution in [1.29, 1.82) is 0 Å². The maximum Gasteiger partial charge on any atom is 0.220 e. The summed E-state index contributed by atoms with van der Waals surface area (Å²) in [5, 5.41) is 2.97. The van der Waals surface area contributed by atoms with Gasteiger partial charge >= 0.3 is 0 Å². The third-order valence-corrected chi connectivity index (χ3v) is 5.48. The minimum atomic E-state index is -0.0712. The molecule has 1 N–H and O–H groups in total. The topological polar surface area (TPSA) is 67.9 Å². The lowest BCUT2D eigenvalue weighted by Crippen LogP contribution is -2.45. The Bertz CT molecular complexity index is 668. The van der Waals surface area contributed by atoms with Gasteiger partial charge in [-0.25, -0.2) is 0 Å². The zero-order chi connectivity index (χ0) is 19.2. The standard InChI is InChI=1S/C21H30N2O4/c1-15-7-9-23(10-8-15)16(2)14-22-21(25)6-4-18(24)17-3-5-19-20(13-17)27-12-11-26-19/h3,5,13,15-16H,4,6-12,14H2,1-2H3,(H,22,25). The number of rotatable bonds is 7. The molecule has 148 valence electrons. The van der Waals surface area contributed by atoms with Gasteiger partial charge in [-0.3, -0.25) is 14.5 Å². The van der Waals surface area contributed by atoms with E-state index in [1.807, 2.05) is 0 Å². The average Bonchev–Trinajstić information content (AvgIpc) is 2.70. The smallest absolute Gasteiger partial charge is 0.220 e. The van der Waals surface area contributed by atoms with Crippen molar-refractivity contribution in [3.05, 3.63) is 23.8 Å². The molecule has 0 spiro atoms. The normalized spacial score (nSPS) is 18.7. The van der Waals surface area contributed by atoms with Crippen LogP contribution in [0.1, 0.15) is 49.9 Å². The molecule has 1 unspecified atom stereocenters. The minimum Gasteiger partial charge on any atom is -0.486 e. The van der Waals surface area contributed by atoms with Crippen molar-refractivity contribution in [2.24, 2.45) is 5.92 Å². The summed E-state index contributed by atoms with van der Waals surface area (Å²) in [5.41, 5.74) is 0.558. The van der Waals surface area contributed by atoms with E-state index >= 15 is 0 Å². The number of nitrogens with zero attached hydrogens (tertiary/aromatic N) is 1. The monoisotopic (exact) mass is 374 g/mol. The summed E-state index contributed by atoms with van der Waals surface area (Å²) < 4.78 is 11.0. The minimum absolute atomic E-state index is 0.0554. The molecular formula is C21H30N2O4. The van der Waals surface area contributed by atoms with Gasteiger partial charge in [0.1, 0.15) is 13.2 Å². The summed E-state index contributed by atoms with van der Waals surface area (Å²) >= 11 is 0. The lowest BCUT2D eigenvalue weighted by atomic mass is 9.98. The molecule has 2 heterocycles. The molecule has 1 atom stereocenters. The van der Waals surface area contributed by atoms with Gasteiger partial charge < -0.3 is 14.8 Å². The van der Waals surface area contributed by atoms with Gasteiger partial charge in [-0.1, -0.05) is 6.92 Å². The van der Waals surface area contributed by atoms with Gasteiger partial charge in [0.15, 0.2) is 17.3 Å². The van der Waals surface area contributed by atoms with Gasteiger partial charge in [-0.05, 0) is 57.0 Å². The molecule has 27 heavy (non-hydrogen) atoms. The molecule has 1 fully saturated rings. The first-order valence-electron chi connectivity index (χ1n) is 9.96. The van der Waals surface area contributed by atoms with Crippen LogP contribution < -0.4 is 14.8 Å². The highest BCUT2D eigenvalue weighted by Gasteiger charge is 2.21. The van der Waals surface area contributed by atoms with E-state index in [1.165, 1.54) is 12.8 Å². The SMILES string of the molecule is CC1CCN(C(C)CNC(=O)CCC(=O)c2ccc3c(c2)OCCO3)CC1. The number of carbonyl (C=O) groups is 2. The summed E-state index contributed by atoms with van der Waals surface area (Å²) in [4.78, 5) is 26.9. The van der Waals surface area contributed by atoms with E-state index in [4.69, 9.17) is 9.47 Å². The van der Waals surface area contributed by atoms with E-state index in [9.17, 15) is 9.59 Å². The van der Waals surface area contributed by atoms with Crippen molar-refractivity contribution in [2.45, 2.75) is 45.6 Å². The van der Waals surface area contributed by atoms with Crippen molar-refractivity contribution in [3.63, 3.8) is 0 Å². The predicted molar refractivity (Wildman–Crippen MR) is 103 cm³/mol. The third-order valence-electron chi connectivity index (χ3n) is 5.48. The Kier molecular flexibility index (Phi) is 6.72. The Morgan fingerprint density at radius 3 is 2.59 bits per heavy atom. The highest BCUT2D eigenvalue weighted by molar-refractivity contribution is 5.98. The van der Waals surface area contributed by atoms with E-state index in [-0.39, 0.29) is 24.5 Å². The number of piperidine rings is 1.